The number of pyridine rings is 1. The minimum absolute atomic E-state index is 0.541. The fraction of sp³-hybridized carbons (Fsp3) is 0.0741. The summed E-state index contributed by atoms with van der Waals surface area (Å²) in [5.74, 6) is 2.23. The number of rotatable bonds is 6. The van der Waals surface area contributed by atoms with Crippen LogP contribution in [0.3, 0.4) is 0 Å². The molecule has 3 heterocycles. The minimum Gasteiger partial charge on any atom is -0.467 e. The summed E-state index contributed by atoms with van der Waals surface area (Å²) >= 11 is 0. The standard InChI is InChI=1S/C27H22N4O/c1-19-9-11-20(12-10-19)22-14-23(17-28-16-22)25-15-26(29-18-24-8-5-13-32-24)31-27(30-25)21-6-3-2-4-7-21/h2-17H,18H2,1H3,(H,29,30,31). The minimum atomic E-state index is 0.541. The van der Waals surface area contributed by atoms with Crippen molar-refractivity contribution in [3.63, 3.8) is 0 Å². The molecule has 0 spiro atoms. The summed E-state index contributed by atoms with van der Waals surface area (Å²) in [6.07, 6.45) is 5.38. The van der Waals surface area contributed by atoms with Crippen LogP contribution in [0.2, 0.25) is 0 Å². The Morgan fingerprint density at radius 3 is 2.34 bits per heavy atom. The summed E-state index contributed by atoms with van der Waals surface area (Å²) in [4.78, 5) is 14.1. The largest absolute Gasteiger partial charge is 0.467 e. The highest BCUT2D eigenvalue weighted by molar-refractivity contribution is 5.72. The van der Waals surface area contributed by atoms with E-state index >= 15 is 0 Å². The van der Waals surface area contributed by atoms with Crippen LogP contribution in [0.5, 0.6) is 0 Å². The van der Waals surface area contributed by atoms with E-state index in [9.17, 15) is 0 Å². The second-order valence-electron chi connectivity index (χ2n) is 7.59. The van der Waals surface area contributed by atoms with Crippen LogP contribution in [0.25, 0.3) is 33.8 Å². The Morgan fingerprint density at radius 1 is 0.750 bits per heavy atom. The van der Waals surface area contributed by atoms with Crippen LogP contribution in [0, 0.1) is 6.92 Å². The average molecular weight is 419 g/mol. The number of nitrogens with zero attached hydrogens (tertiary/aromatic N) is 3. The number of benzene rings is 2. The fourth-order valence-corrected chi connectivity index (χ4v) is 3.48. The van der Waals surface area contributed by atoms with E-state index in [2.05, 4.69) is 47.6 Å². The highest BCUT2D eigenvalue weighted by atomic mass is 16.3. The Morgan fingerprint density at radius 2 is 1.56 bits per heavy atom. The summed E-state index contributed by atoms with van der Waals surface area (Å²) in [5.41, 5.74) is 6.10. The van der Waals surface area contributed by atoms with Gasteiger partial charge in [0.15, 0.2) is 5.82 Å². The van der Waals surface area contributed by atoms with Crippen LogP contribution in [-0.4, -0.2) is 15.0 Å². The molecule has 1 N–H and O–H groups in total. The first-order chi connectivity index (χ1) is 15.7. The Hall–Kier alpha value is -4.25. The maximum absolute atomic E-state index is 5.44. The van der Waals surface area contributed by atoms with E-state index in [0.29, 0.717) is 12.4 Å². The van der Waals surface area contributed by atoms with E-state index in [0.717, 1.165) is 39.5 Å². The number of hydrogen-bond donors (Lipinski definition) is 1. The zero-order chi connectivity index (χ0) is 21.8. The molecule has 0 saturated carbocycles. The predicted octanol–water partition coefficient (Wildman–Crippen LogP) is 6.39. The smallest absolute Gasteiger partial charge is 0.162 e. The molecule has 2 aromatic carbocycles. The van der Waals surface area contributed by atoms with Gasteiger partial charge in [-0.3, -0.25) is 4.98 Å². The number of furan rings is 1. The van der Waals surface area contributed by atoms with Gasteiger partial charge in [0.1, 0.15) is 11.6 Å². The van der Waals surface area contributed by atoms with Crippen LogP contribution in [0.1, 0.15) is 11.3 Å². The second-order valence-corrected chi connectivity index (χ2v) is 7.59. The van der Waals surface area contributed by atoms with E-state index in [1.165, 1.54) is 5.56 Å². The molecule has 5 rings (SSSR count). The molecule has 0 amide bonds. The Bertz CT molecular complexity index is 1310. The summed E-state index contributed by atoms with van der Waals surface area (Å²) in [6, 6.07) is 26.3. The molecule has 0 aliphatic rings. The molecule has 0 bridgehead atoms. The van der Waals surface area contributed by atoms with Crippen LogP contribution in [0.4, 0.5) is 5.82 Å². The molecule has 0 aliphatic heterocycles. The van der Waals surface area contributed by atoms with Crippen molar-refractivity contribution >= 4 is 5.82 Å². The van der Waals surface area contributed by atoms with Gasteiger partial charge in [0.25, 0.3) is 0 Å². The predicted molar refractivity (Wildman–Crippen MR) is 127 cm³/mol. The zero-order valence-corrected chi connectivity index (χ0v) is 17.7. The first kappa shape index (κ1) is 19.7. The molecule has 0 unspecified atom stereocenters. The molecule has 0 fully saturated rings. The van der Waals surface area contributed by atoms with E-state index in [4.69, 9.17) is 14.4 Å². The fourth-order valence-electron chi connectivity index (χ4n) is 3.48. The van der Waals surface area contributed by atoms with E-state index in [1.54, 1.807) is 6.26 Å². The van der Waals surface area contributed by atoms with Crippen molar-refractivity contribution in [3.05, 3.63) is 109 Å². The number of nitrogens with one attached hydrogen (secondary N) is 1. The van der Waals surface area contributed by atoms with Crippen LogP contribution in [0.15, 0.2) is 102 Å². The normalized spacial score (nSPS) is 10.8. The van der Waals surface area contributed by atoms with Gasteiger partial charge in [0, 0.05) is 35.2 Å². The molecule has 5 heteroatoms. The number of aromatic nitrogens is 3. The van der Waals surface area contributed by atoms with Crippen molar-refractivity contribution in [1.29, 1.82) is 0 Å². The molecule has 5 aromatic rings. The van der Waals surface area contributed by atoms with Crippen molar-refractivity contribution in [3.8, 4) is 33.8 Å². The second kappa shape index (κ2) is 8.86. The summed E-state index contributed by atoms with van der Waals surface area (Å²) in [5, 5.41) is 3.35. The van der Waals surface area contributed by atoms with Gasteiger partial charge in [-0.1, -0.05) is 60.2 Å². The molecule has 0 atom stereocenters. The Balaban J connectivity index is 1.54. The van der Waals surface area contributed by atoms with Crippen molar-refractivity contribution in [1.82, 2.24) is 15.0 Å². The van der Waals surface area contributed by atoms with Gasteiger partial charge in [0.05, 0.1) is 18.5 Å². The van der Waals surface area contributed by atoms with Gasteiger partial charge in [-0.25, -0.2) is 9.97 Å². The zero-order valence-electron chi connectivity index (χ0n) is 17.7. The molecule has 156 valence electrons. The Labute approximate surface area is 186 Å². The lowest BCUT2D eigenvalue weighted by Crippen LogP contribution is -2.03. The third-order valence-electron chi connectivity index (χ3n) is 5.20. The van der Waals surface area contributed by atoms with Gasteiger partial charge in [0.2, 0.25) is 0 Å². The van der Waals surface area contributed by atoms with Gasteiger partial charge in [-0.05, 0) is 30.7 Å². The summed E-state index contributed by atoms with van der Waals surface area (Å²) < 4.78 is 5.44. The van der Waals surface area contributed by atoms with Crippen LogP contribution >= 0.6 is 0 Å². The highest BCUT2D eigenvalue weighted by Gasteiger charge is 2.11. The lowest BCUT2D eigenvalue weighted by Gasteiger charge is -2.11. The molecule has 3 aromatic heterocycles. The average Bonchev–Trinajstić information content (AvgIpc) is 3.37. The topological polar surface area (TPSA) is 63.8 Å². The van der Waals surface area contributed by atoms with Crippen molar-refractivity contribution in [2.75, 3.05) is 5.32 Å². The maximum atomic E-state index is 5.44. The van der Waals surface area contributed by atoms with Gasteiger partial charge in [-0.2, -0.15) is 0 Å². The molecule has 0 saturated heterocycles. The summed E-state index contributed by atoms with van der Waals surface area (Å²) in [7, 11) is 0. The number of aryl methyl sites for hydroxylation is 1. The molecule has 5 nitrogen and oxygen atoms in total. The van der Waals surface area contributed by atoms with Crippen LogP contribution < -0.4 is 5.32 Å². The SMILES string of the molecule is Cc1ccc(-c2cncc(-c3cc(NCc4ccco4)nc(-c4ccccc4)n3)c2)cc1. The monoisotopic (exact) mass is 418 g/mol. The van der Waals surface area contributed by atoms with E-state index in [-0.39, 0.29) is 0 Å². The first-order valence-corrected chi connectivity index (χ1v) is 10.5. The maximum Gasteiger partial charge on any atom is 0.162 e. The lowest BCUT2D eigenvalue weighted by molar-refractivity contribution is 0.518. The van der Waals surface area contributed by atoms with Gasteiger partial charge < -0.3 is 9.73 Å². The molecule has 0 radical (unpaired) electrons. The van der Waals surface area contributed by atoms with Crippen LogP contribution in [-0.2, 0) is 6.54 Å². The molecular formula is C27H22N4O. The first-order valence-electron chi connectivity index (χ1n) is 10.5. The molecular weight excluding hydrogens is 396 g/mol. The van der Waals surface area contributed by atoms with Crippen molar-refractivity contribution < 1.29 is 4.42 Å². The number of hydrogen-bond acceptors (Lipinski definition) is 5. The van der Waals surface area contributed by atoms with Gasteiger partial charge in [-0.15, -0.1) is 0 Å². The van der Waals surface area contributed by atoms with Crippen molar-refractivity contribution in [2.24, 2.45) is 0 Å². The molecule has 32 heavy (non-hydrogen) atoms. The Kier molecular flexibility index (Phi) is 5.45. The third-order valence-corrected chi connectivity index (χ3v) is 5.20. The molecule has 0 aliphatic carbocycles. The lowest BCUT2D eigenvalue weighted by atomic mass is 10.0. The highest BCUT2D eigenvalue weighted by Crippen LogP contribution is 2.28. The van der Waals surface area contributed by atoms with Gasteiger partial charge >= 0.3 is 0 Å². The van der Waals surface area contributed by atoms with E-state index < -0.39 is 0 Å². The van der Waals surface area contributed by atoms with Crippen molar-refractivity contribution in [2.45, 2.75) is 13.5 Å². The third kappa shape index (κ3) is 4.42. The number of anilines is 1. The quantitative estimate of drug-likeness (QED) is 0.346. The van der Waals surface area contributed by atoms with E-state index in [1.807, 2.05) is 60.9 Å². The summed E-state index contributed by atoms with van der Waals surface area (Å²) in [6.45, 7) is 2.63.